The van der Waals surface area contributed by atoms with E-state index in [-0.39, 0.29) is 17.3 Å². The molecule has 0 spiro atoms. The fourth-order valence-electron chi connectivity index (χ4n) is 4.69. The predicted molar refractivity (Wildman–Crippen MR) is 159 cm³/mol. The number of sulfonamides is 1. The minimum Gasteiger partial charge on any atom is -0.497 e. The van der Waals surface area contributed by atoms with Crippen LogP contribution in [0, 0.1) is 0 Å². The zero-order chi connectivity index (χ0) is 29.0. The molecule has 0 aliphatic carbocycles. The zero-order valence-corrected chi connectivity index (χ0v) is 23.9. The first-order valence-electron chi connectivity index (χ1n) is 12.9. The second-order valence-corrected chi connectivity index (χ2v) is 11.9. The van der Waals surface area contributed by atoms with E-state index in [0.29, 0.717) is 40.7 Å². The summed E-state index contributed by atoms with van der Waals surface area (Å²) in [7, 11) is -2.45. The second kappa shape index (κ2) is 12.1. The van der Waals surface area contributed by atoms with Crippen molar-refractivity contribution in [1.82, 2.24) is 4.31 Å². The molecular formula is C31H28ClN3O5S. The van der Waals surface area contributed by atoms with Crippen LogP contribution in [0.15, 0.2) is 102 Å². The van der Waals surface area contributed by atoms with Gasteiger partial charge in [0.05, 0.1) is 18.6 Å². The van der Waals surface area contributed by atoms with Crippen LogP contribution in [0.25, 0.3) is 0 Å². The Morgan fingerprint density at radius 2 is 1.66 bits per heavy atom. The minimum absolute atomic E-state index is 0.00749. The van der Waals surface area contributed by atoms with Gasteiger partial charge in [-0.15, -0.1) is 0 Å². The molecule has 0 unspecified atom stereocenters. The van der Waals surface area contributed by atoms with Gasteiger partial charge in [0.15, 0.2) is 0 Å². The molecule has 4 aromatic carbocycles. The molecule has 2 amide bonds. The summed E-state index contributed by atoms with van der Waals surface area (Å²) >= 11 is 5.96. The summed E-state index contributed by atoms with van der Waals surface area (Å²) in [6, 6.07) is 27.2. The number of nitrogens with zero attached hydrogens (tertiary/aromatic N) is 2. The molecule has 1 N–H and O–H groups in total. The fraction of sp³-hybridized carbons (Fsp3) is 0.161. The van der Waals surface area contributed by atoms with Gasteiger partial charge in [-0.1, -0.05) is 48.0 Å². The van der Waals surface area contributed by atoms with Crippen molar-refractivity contribution < 1.29 is 22.7 Å². The fourth-order valence-corrected chi connectivity index (χ4v) is 6.20. The van der Waals surface area contributed by atoms with E-state index >= 15 is 0 Å². The number of carbonyl (C=O) groups is 2. The van der Waals surface area contributed by atoms with Crippen LogP contribution in [-0.2, 0) is 27.8 Å². The number of halogens is 1. The number of nitrogens with one attached hydrogen (secondary N) is 1. The Hall–Kier alpha value is -4.18. The number of ether oxygens (including phenoxy) is 1. The number of rotatable bonds is 9. The number of benzene rings is 4. The topological polar surface area (TPSA) is 96.0 Å². The van der Waals surface area contributed by atoms with Crippen molar-refractivity contribution in [3.8, 4) is 5.75 Å². The number of hydrogen-bond acceptors (Lipinski definition) is 5. The lowest BCUT2D eigenvalue weighted by molar-refractivity contribution is -0.116. The Morgan fingerprint density at radius 3 is 2.34 bits per heavy atom. The quantitative estimate of drug-likeness (QED) is 0.283. The molecule has 0 saturated heterocycles. The molecule has 4 aromatic rings. The molecular weight excluding hydrogens is 562 g/mol. The van der Waals surface area contributed by atoms with Crippen molar-refractivity contribution >= 4 is 44.8 Å². The van der Waals surface area contributed by atoms with Crippen LogP contribution < -0.4 is 15.0 Å². The van der Waals surface area contributed by atoms with E-state index in [9.17, 15) is 18.0 Å². The Morgan fingerprint density at radius 1 is 0.951 bits per heavy atom. The van der Waals surface area contributed by atoms with E-state index in [1.807, 2.05) is 24.3 Å². The van der Waals surface area contributed by atoms with Crippen LogP contribution >= 0.6 is 11.6 Å². The molecule has 0 fully saturated rings. The van der Waals surface area contributed by atoms with Crippen LogP contribution in [0.4, 0.5) is 11.4 Å². The molecule has 210 valence electrons. The normalized spacial score (nSPS) is 12.7. The van der Waals surface area contributed by atoms with Crippen molar-refractivity contribution in [2.45, 2.75) is 17.9 Å². The Balaban J connectivity index is 1.35. The molecule has 41 heavy (non-hydrogen) atoms. The maximum Gasteiger partial charge on any atom is 0.258 e. The number of amides is 2. The van der Waals surface area contributed by atoms with Gasteiger partial charge in [0.25, 0.3) is 5.91 Å². The first-order chi connectivity index (χ1) is 19.7. The molecule has 10 heteroatoms. The summed E-state index contributed by atoms with van der Waals surface area (Å²) in [6.07, 6.45) is 0.690. The number of anilines is 2. The van der Waals surface area contributed by atoms with Crippen molar-refractivity contribution in [2.24, 2.45) is 0 Å². The lowest BCUT2D eigenvalue weighted by Gasteiger charge is -2.22. The molecule has 0 saturated carbocycles. The first kappa shape index (κ1) is 28.4. The lowest BCUT2D eigenvalue weighted by Crippen LogP contribution is -2.37. The second-order valence-electron chi connectivity index (χ2n) is 9.54. The highest BCUT2D eigenvalue weighted by Crippen LogP contribution is 2.32. The number of methoxy groups -OCH3 is 1. The van der Waals surface area contributed by atoms with Crippen LogP contribution in [-0.4, -0.2) is 44.7 Å². The van der Waals surface area contributed by atoms with E-state index in [1.54, 1.807) is 60.5 Å². The number of fused-ring (bicyclic) bond motifs is 1. The van der Waals surface area contributed by atoms with Gasteiger partial charge in [0, 0.05) is 35.1 Å². The minimum atomic E-state index is -4.02. The van der Waals surface area contributed by atoms with Gasteiger partial charge in [0.1, 0.15) is 5.75 Å². The summed E-state index contributed by atoms with van der Waals surface area (Å²) in [6.45, 7) is 0.112. The third kappa shape index (κ3) is 6.43. The zero-order valence-electron chi connectivity index (χ0n) is 22.3. The van der Waals surface area contributed by atoms with Crippen LogP contribution in [0.1, 0.15) is 21.5 Å². The third-order valence-electron chi connectivity index (χ3n) is 6.82. The molecule has 8 nitrogen and oxygen atoms in total. The Bertz CT molecular complexity index is 1660. The van der Waals surface area contributed by atoms with Gasteiger partial charge in [-0.05, 0) is 78.2 Å². The average molecular weight is 590 g/mol. The molecule has 0 aromatic heterocycles. The van der Waals surface area contributed by atoms with Gasteiger partial charge >= 0.3 is 0 Å². The summed E-state index contributed by atoms with van der Waals surface area (Å²) in [5.41, 5.74) is 3.42. The highest BCUT2D eigenvalue weighted by molar-refractivity contribution is 7.89. The first-order valence-corrected chi connectivity index (χ1v) is 14.7. The third-order valence-corrected chi connectivity index (χ3v) is 8.88. The summed E-state index contributed by atoms with van der Waals surface area (Å²) in [4.78, 5) is 28.2. The van der Waals surface area contributed by atoms with Gasteiger partial charge in [-0.3, -0.25) is 9.59 Å². The van der Waals surface area contributed by atoms with E-state index in [2.05, 4.69) is 5.32 Å². The van der Waals surface area contributed by atoms with E-state index in [1.165, 1.54) is 24.3 Å². The average Bonchev–Trinajstić information content (AvgIpc) is 3.40. The predicted octanol–water partition coefficient (Wildman–Crippen LogP) is 5.38. The number of carbonyl (C=O) groups excluding carboxylic acids is 2. The van der Waals surface area contributed by atoms with E-state index in [4.69, 9.17) is 16.3 Å². The van der Waals surface area contributed by atoms with Gasteiger partial charge in [-0.25, -0.2) is 8.42 Å². The maximum atomic E-state index is 13.5. The van der Waals surface area contributed by atoms with Crippen LogP contribution in [0.3, 0.4) is 0 Å². The maximum absolute atomic E-state index is 13.5. The smallest absolute Gasteiger partial charge is 0.258 e. The van der Waals surface area contributed by atoms with Crippen molar-refractivity contribution in [1.29, 1.82) is 0 Å². The van der Waals surface area contributed by atoms with Gasteiger partial charge in [0.2, 0.25) is 15.9 Å². The van der Waals surface area contributed by atoms with E-state index in [0.717, 1.165) is 15.4 Å². The monoisotopic (exact) mass is 589 g/mol. The highest BCUT2D eigenvalue weighted by atomic mass is 35.5. The summed E-state index contributed by atoms with van der Waals surface area (Å²) in [5, 5.41) is 3.22. The van der Waals surface area contributed by atoms with Crippen molar-refractivity contribution in [3.63, 3.8) is 0 Å². The van der Waals surface area contributed by atoms with Crippen molar-refractivity contribution in [3.05, 3.63) is 119 Å². The summed E-state index contributed by atoms with van der Waals surface area (Å²) in [5.74, 6) is -0.00447. The molecule has 1 aliphatic rings. The number of hydrogen-bond donors (Lipinski definition) is 1. The molecule has 0 radical (unpaired) electrons. The molecule has 1 heterocycles. The molecule has 5 rings (SSSR count). The van der Waals surface area contributed by atoms with E-state index < -0.39 is 22.5 Å². The van der Waals surface area contributed by atoms with Crippen molar-refractivity contribution in [2.75, 3.05) is 30.4 Å². The molecule has 0 atom stereocenters. The SMILES string of the molecule is COc1ccc(C(=O)N2CCc3ccc(NC(=O)CN(Cc4ccccc4)S(=O)(=O)c4ccc(Cl)cc4)cc32)cc1. The van der Waals surface area contributed by atoms with Gasteiger partial charge in [-0.2, -0.15) is 4.31 Å². The standard InChI is InChI=1S/C31H28ClN3O5S/c1-40-27-13-8-24(9-14-27)31(37)35-18-17-23-7-12-26(19-29(23)35)33-30(36)21-34(20-22-5-3-2-4-6-22)41(38,39)28-15-10-25(32)11-16-28/h2-16,19H,17-18,20-21H2,1H3,(H,33,36). The summed E-state index contributed by atoms with van der Waals surface area (Å²) < 4.78 is 33.4. The van der Waals surface area contributed by atoms with Gasteiger partial charge < -0.3 is 15.0 Å². The van der Waals surface area contributed by atoms with Crippen LogP contribution in [0.2, 0.25) is 5.02 Å². The van der Waals surface area contributed by atoms with Crippen LogP contribution in [0.5, 0.6) is 5.75 Å². The highest BCUT2D eigenvalue weighted by Gasteiger charge is 2.29. The lowest BCUT2D eigenvalue weighted by atomic mass is 10.1. The Labute approximate surface area is 244 Å². The largest absolute Gasteiger partial charge is 0.497 e. The molecule has 0 bridgehead atoms. The Kier molecular flexibility index (Phi) is 8.39. The molecule has 1 aliphatic heterocycles.